The number of benzene rings is 2. The molecule has 9 heteroatoms. The number of nitrogens with one attached hydrogen (secondary N) is 2. The molecule has 0 saturated carbocycles. The normalized spacial score (nSPS) is 14.8. The van der Waals surface area contributed by atoms with Crippen LogP contribution in [0.1, 0.15) is 21.5 Å². The first-order valence-corrected chi connectivity index (χ1v) is 9.01. The molecule has 0 spiro atoms. The van der Waals surface area contributed by atoms with E-state index in [9.17, 15) is 23.1 Å². The second-order valence-electron chi connectivity index (χ2n) is 5.73. The summed E-state index contributed by atoms with van der Waals surface area (Å²) >= 11 is 0. The molecule has 1 aliphatic heterocycles. The molecule has 134 valence electrons. The standard InChI is InChI=1S/C17H15N3O5S/c1-9-6-14-11(7-15(9)21)12(17(23)19-14)8-26(24,25)20-13-5-3-2-4-10(13)16(18)22/h2-8,20-21H,1H3,(H2,18,22)(H,19,23)/b12-8-. The van der Waals surface area contributed by atoms with E-state index in [1.54, 1.807) is 19.1 Å². The van der Waals surface area contributed by atoms with Gasteiger partial charge in [-0.25, -0.2) is 8.42 Å². The van der Waals surface area contributed by atoms with Crippen LogP contribution in [0.25, 0.3) is 5.57 Å². The Morgan fingerprint density at radius 3 is 2.65 bits per heavy atom. The number of amides is 2. The van der Waals surface area contributed by atoms with E-state index >= 15 is 0 Å². The molecule has 3 rings (SSSR count). The average Bonchev–Trinajstić information content (AvgIpc) is 2.82. The minimum absolute atomic E-state index is 0.000909. The number of primary amides is 1. The molecule has 2 amide bonds. The van der Waals surface area contributed by atoms with Crippen LogP contribution in [0.2, 0.25) is 0 Å². The lowest BCUT2D eigenvalue weighted by Gasteiger charge is -2.09. The van der Waals surface area contributed by atoms with Gasteiger partial charge in [0.2, 0.25) is 0 Å². The van der Waals surface area contributed by atoms with E-state index in [1.165, 1.54) is 24.3 Å². The number of nitrogens with two attached hydrogens (primary N) is 1. The van der Waals surface area contributed by atoms with Crippen LogP contribution in [-0.2, 0) is 14.8 Å². The van der Waals surface area contributed by atoms with E-state index in [-0.39, 0.29) is 28.1 Å². The van der Waals surface area contributed by atoms with E-state index in [4.69, 9.17) is 5.73 Å². The number of aromatic hydroxyl groups is 1. The highest BCUT2D eigenvalue weighted by Gasteiger charge is 2.28. The summed E-state index contributed by atoms with van der Waals surface area (Å²) in [5.41, 5.74) is 6.33. The molecule has 0 unspecified atom stereocenters. The van der Waals surface area contributed by atoms with Crippen molar-refractivity contribution in [3.63, 3.8) is 0 Å². The smallest absolute Gasteiger partial charge is 0.257 e. The first kappa shape index (κ1) is 17.5. The van der Waals surface area contributed by atoms with Crippen molar-refractivity contribution in [3.05, 3.63) is 58.5 Å². The van der Waals surface area contributed by atoms with Crippen LogP contribution in [0.5, 0.6) is 5.75 Å². The lowest BCUT2D eigenvalue weighted by molar-refractivity contribution is -0.110. The van der Waals surface area contributed by atoms with E-state index in [0.29, 0.717) is 11.3 Å². The monoisotopic (exact) mass is 373 g/mol. The van der Waals surface area contributed by atoms with Gasteiger partial charge in [-0.15, -0.1) is 0 Å². The molecule has 8 nitrogen and oxygen atoms in total. The highest BCUT2D eigenvalue weighted by Crippen LogP contribution is 2.36. The van der Waals surface area contributed by atoms with E-state index < -0.39 is 21.8 Å². The van der Waals surface area contributed by atoms with Crippen molar-refractivity contribution in [3.8, 4) is 5.75 Å². The fourth-order valence-corrected chi connectivity index (χ4v) is 3.66. The number of aryl methyl sites for hydroxylation is 1. The Balaban J connectivity index is 2.02. The van der Waals surface area contributed by atoms with Gasteiger partial charge in [0.15, 0.2) is 0 Å². The van der Waals surface area contributed by atoms with Gasteiger partial charge >= 0.3 is 0 Å². The minimum atomic E-state index is -4.13. The summed E-state index contributed by atoms with van der Waals surface area (Å²) in [5, 5.41) is 13.1. The predicted molar refractivity (Wildman–Crippen MR) is 97.0 cm³/mol. The quantitative estimate of drug-likeness (QED) is 0.475. The van der Waals surface area contributed by atoms with Crippen molar-refractivity contribution in [2.45, 2.75) is 6.92 Å². The lowest BCUT2D eigenvalue weighted by atomic mass is 10.1. The molecule has 1 aliphatic rings. The third-order valence-corrected chi connectivity index (χ3v) is 4.89. The maximum Gasteiger partial charge on any atom is 0.257 e. The Hall–Kier alpha value is -3.33. The first-order chi connectivity index (χ1) is 12.2. The highest BCUT2D eigenvalue weighted by atomic mass is 32.2. The van der Waals surface area contributed by atoms with Crippen LogP contribution in [0.15, 0.2) is 41.8 Å². The zero-order valence-electron chi connectivity index (χ0n) is 13.6. The summed E-state index contributed by atoms with van der Waals surface area (Å²) in [7, 11) is -4.13. The molecular weight excluding hydrogens is 358 g/mol. The van der Waals surface area contributed by atoms with Crippen LogP contribution < -0.4 is 15.8 Å². The van der Waals surface area contributed by atoms with E-state index in [0.717, 1.165) is 5.41 Å². The molecule has 26 heavy (non-hydrogen) atoms. The topological polar surface area (TPSA) is 139 Å². The van der Waals surface area contributed by atoms with Gasteiger partial charge in [-0.05, 0) is 36.8 Å². The van der Waals surface area contributed by atoms with Gasteiger partial charge in [0, 0.05) is 11.3 Å². The summed E-state index contributed by atoms with van der Waals surface area (Å²) in [6, 6.07) is 8.71. The Bertz CT molecular complexity index is 1070. The predicted octanol–water partition coefficient (Wildman–Crippen LogP) is 1.53. The summed E-state index contributed by atoms with van der Waals surface area (Å²) in [6.07, 6.45) is 0. The van der Waals surface area contributed by atoms with Crippen molar-refractivity contribution in [2.24, 2.45) is 5.73 Å². The van der Waals surface area contributed by atoms with Crippen molar-refractivity contribution in [1.82, 2.24) is 0 Å². The van der Waals surface area contributed by atoms with Gasteiger partial charge in [0.1, 0.15) is 5.75 Å². The Labute approximate surface area is 149 Å². The number of anilines is 2. The van der Waals surface area contributed by atoms with Crippen LogP contribution in [0, 0.1) is 6.92 Å². The molecule has 0 radical (unpaired) electrons. The molecule has 0 fully saturated rings. The molecule has 0 bridgehead atoms. The third kappa shape index (κ3) is 3.24. The number of para-hydroxylation sites is 1. The number of phenolic OH excluding ortho intramolecular Hbond substituents is 1. The minimum Gasteiger partial charge on any atom is -0.508 e. The third-order valence-electron chi connectivity index (χ3n) is 3.84. The number of carbonyl (C=O) groups excluding carboxylic acids is 2. The Morgan fingerprint density at radius 2 is 1.96 bits per heavy atom. The summed E-state index contributed by atoms with van der Waals surface area (Å²) < 4.78 is 27.1. The first-order valence-electron chi connectivity index (χ1n) is 7.46. The maximum atomic E-state index is 12.5. The van der Waals surface area contributed by atoms with Crippen molar-refractivity contribution in [1.29, 1.82) is 0 Å². The Kier molecular flexibility index (Phi) is 4.17. The summed E-state index contributed by atoms with van der Waals surface area (Å²) in [4.78, 5) is 23.5. The summed E-state index contributed by atoms with van der Waals surface area (Å²) in [6.45, 7) is 1.66. The second kappa shape index (κ2) is 6.19. The molecule has 0 aliphatic carbocycles. The average molecular weight is 373 g/mol. The second-order valence-corrected chi connectivity index (χ2v) is 7.26. The van der Waals surface area contributed by atoms with Crippen LogP contribution in [0.4, 0.5) is 11.4 Å². The lowest BCUT2D eigenvalue weighted by Crippen LogP contribution is -2.17. The number of fused-ring (bicyclic) bond motifs is 1. The Morgan fingerprint density at radius 1 is 1.27 bits per heavy atom. The number of hydrogen-bond donors (Lipinski definition) is 4. The number of sulfonamides is 1. The SMILES string of the molecule is Cc1cc2c(cc1O)/C(=C/S(=O)(=O)Nc1ccccc1C(N)=O)C(=O)N2. The maximum absolute atomic E-state index is 12.5. The van der Waals surface area contributed by atoms with Crippen LogP contribution in [0.3, 0.4) is 0 Å². The van der Waals surface area contributed by atoms with Crippen molar-refractivity contribution in [2.75, 3.05) is 10.0 Å². The zero-order valence-corrected chi connectivity index (χ0v) is 14.4. The van der Waals surface area contributed by atoms with Crippen LogP contribution >= 0.6 is 0 Å². The van der Waals surface area contributed by atoms with Gasteiger partial charge in [-0.1, -0.05) is 12.1 Å². The van der Waals surface area contributed by atoms with Gasteiger partial charge in [-0.2, -0.15) is 0 Å². The van der Waals surface area contributed by atoms with Crippen molar-refractivity contribution >= 4 is 38.8 Å². The zero-order chi connectivity index (χ0) is 19.1. The summed E-state index contributed by atoms with van der Waals surface area (Å²) in [5.74, 6) is -1.46. The van der Waals surface area contributed by atoms with Gasteiger partial charge in [0.25, 0.3) is 21.8 Å². The molecule has 0 saturated heterocycles. The van der Waals surface area contributed by atoms with Crippen molar-refractivity contribution < 1.29 is 23.1 Å². The molecule has 5 N–H and O–H groups in total. The number of rotatable bonds is 4. The van der Waals surface area contributed by atoms with Crippen LogP contribution in [-0.4, -0.2) is 25.3 Å². The number of phenols is 1. The van der Waals surface area contributed by atoms with Gasteiger partial charge in [0.05, 0.1) is 22.2 Å². The highest BCUT2D eigenvalue weighted by molar-refractivity contribution is 7.95. The van der Waals surface area contributed by atoms with Gasteiger partial charge in [-0.3, -0.25) is 14.3 Å². The van der Waals surface area contributed by atoms with Gasteiger partial charge < -0.3 is 16.2 Å². The fourth-order valence-electron chi connectivity index (χ4n) is 2.58. The number of hydrogen-bond acceptors (Lipinski definition) is 5. The molecule has 0 atom stereocenters. The molecule has 2 aromatic carbocycles. The molecular formula is C17H15N3O5S. The van der Waals surface area contributed by atoms with E-state index in [1.807, 2.05) is 0 Å². The molecule has 1 heterocycles. The molecule has 0 aromatic heterocycles. The van der Waals surface area contributed by atoms with E-state index in [2.05, 4.69) is 10.0 Å². The molecule has 2 aromatic rings. The fraction of sp³-hybridized carbons (Fsp3) is 0.0588. The largest absolute Gasteiger partial charge is 0.508 e. The number of carbonyl (C=O) groups is 2.